The fourth-order valence-electron chi connectivity index (χ4n) is 6.92. The molecule has 2 heteroatoms. The van der Waals surface area contributed by atoms with Crippen LogP contribution < -0.4 is 0 Å². The average Bonchev–Trinajstić information content (AvgIpc) is 3.59. The molecule has 196 valence electrons. The third-order valence-electron chi connectivity index (χ3n) is 8.67. The van der Waals surface area contributed by atoms with Crippen LogP contribution in [0.2, 0.25) is 0 Å². The molecular formula is C40H26N2. The first kappa shape index (κ1) is 23.1. The number of rotatable bonds is 3. The van der Waals surface area contributed by atoms with Gasteiger partial charge in [0.2, 0.25) is 0 Å². The Morgan fingerprint density at radius 2 is 0.976 bits per heavy atom. The minimum absolute atomic E-state index is 1.16. The van der Waals surface area contributed by atoms with Crippen LogP contribution >= 0.6 is 0 Å². The summed E-state index contributed by atoms with van der Waals surface area (Å²) < 4.78 is 4.97. The summed E-state index contributed by atoms with van der Waals surface area (Å²) in [6.07, 6.45) is 0. The molecule has 0 spiro atoms. The fourth-order valence-corrected chi connectivity index (χ4v) is 6.92. The molecule has 0 fully saturated rings. The lowest BCUT2D eigenvalue weighted by atomic mass is 9.96. The molecule has 9 rings (SSSR count). The summed E-state index contributed by atoms with van der Waals surface area (Å²) in [5, 5.41) is 6.32. The highest BCUT2D eigenvalue weighted by Crippen LogP contribution is 2.47. The van der Waals surface area contributed by atoms with E-state index in [2.05, 4.69) is 167 Å². The predicted molar refractivity (Wildman–Crippen MR) is 178 cm³/mol. The number of pyridine rings is 1. The van der Waals surface area contributed by atoms with Crippen molar-refractivity contribution in [2.75, 3.05) is 0 Å². The lowest BCUT2D eigenvalue weighted by molar-refractivity contribution is 1.12. The summed E-state index contributed by atoms with van der Waals surface area (Å²) in [6.45, 7) is 0. The van der Waals surface area contributed by atoms with Gasteiger partial charge < -0.3 is 0 Å². The van der Waals surface area contributed by atoms with Crippen molar-refractivity contribution in [2.24, 2.45) is 0 Å². The summed E-state index contributed by atoms with van der Waals surface area (Å²) in [7, 11) is 0. The van der Waals surface area contributed by atoms with Gasteiger partial charge in [-0.3, -0.25) is 8.97 Å². The van der Waals surface area contributed by atoms with Crippen molar-refractivity contribution in [3.05, 3.63) is 158 Å². The van der Waals surface area contributed by atoms with Gasteiger partial charge in [-0.05, 0) is 52.4 Å². The van der Waals surface area contributed by atoms with Crippen LogP contribution in [-0.2, 0) is 0 Å². The first-order valence-electron chi connectivity index (χ1n) is 14.5. The molecule has 3 heterocycles. The van der Waals surface area contributed by atoms with E-state index in [1.54, 1.807) is 0 Å². The molecule has 6 aromatic carbocycles. The third-order valence-corrected chi connectivity index (χ3v) is 8.67. The second kappa shape index (κ2) is 8.95. The SMILES string of the molecule is c1ccc(-c2ccc3c(c2)c2ccccc2c2c(-c4ccccc4)c4c5ccccc5n(-c5ccccc5)c4n32)cc1. The largest absolute Gasteiger partial charge is 0.295 e. The van der Waals surface area contributed by atoms with Gasteiger partial charge in [0.15, 0.2) is 0 Å². The zero-order chi connectivity index (χ0) is 27.6. The lowest BCUT2D eigenvalue weighted by Gasteiger charge is -2.15. The maximum atomic E-state index is 2.52. The van der Waals surface area contributed by atoms with E-state index in [1.165, 1.54) is 71.4 Å². The zero-order valence-corrected chi connectivity index (χ0v) is 22.9. The number of fused-ring (bicyclic) bond motifs is 10. The van der Waals surface area contributed by atoms with Crippen LogP contribution in [0, 0.1) is 0 Å². The monoisotopic (exact) mass is 534 g/mol. The number of para-hydroxylation sites is 2. The Labute approximate surface area is 243 Å². The summed E-state index contributed by atoms with van der Waals surface area (Å²) in [5.74, 6) is 0. The third kappa shape index (κ3) is 3.21. The normalized spacial score (nSPS) is 11.8. The number of hydrogen-bond donors (Lipinski definition) is 0. The summed E-state index contributed by atoms with van der Waals surface area (Å²) in [4.78, 5) is 0. The number of nitrogens with zero attached hydrogens (tertiary/aromatic N) is 2. The molecule has 2 nitrogen and oxygen atoms in total. The minimum Gasteiger partial charge on any atom is -0.295 e. The van der Waals surface area contributed by atoms with Gasteiger partial charge in [0.25, 0.3) is 0 Å². The molecule has 0 radical (unpaired) electrons. The van der Waals surface area contributed by atoms with Crippen molar-refractivity contribution in [1.29, 1.82) is 0 Å². The molecule has 0 unspecified atom stereocenters. The van der Waals surface area contributed by atoms with Crippen LogP contribution in [-0.4, -0.2) is 8.97 Å². The second-order valence-electron chi connectivity index (χ2n) is 11.0. The Hall–Kier alpha value is -5.60. The van der Waals surface area contributed by atoms with E-state index in [9.17, 15) is 0 Å². The molecule has 0 aliphatic carbocycles. The quantitative estimate of drug-likeness (QED) is 0.199. The van der Waals surface area contributed by atoms with Crippen molar-refractivity contribution < 1.29 is 0 Å². The highest BCUT2D eigenvalue weighted by atomic mass is 15.1. The molecular weight excluding hydrogens is 508 g/mol. The molecule has 0 saturated carbocycles. The summed E-state index contributed by atoms with van der Waals surface area (Å²) in [5.41, 5.74) is 11.0. The van der Waals surface area contributed by atoms with Crippen molar-refractivity contribution in [2.45, 2.75) is 0 Å². The first-order chi connectivity index (χ1) is 20.9. The molecule has 0 saturated heterocycles. The zero-order valence-electron chi connectivity index (χ0n) is 22.9. The molecule has 0 aliphatic heterocycles. The van der Waals surface area contributed by atoms with Crippen LogP contribution in [0.5, 0.6) is 0 Å². The topological polar surface area (TPSA) is 9.34 Å². The Morgan fingerprint density at radius 1 is 0.381 bits per heavy atom. The fraction of sp³-hybridized carbons (Fsp3) is 0. The van der Waals surface area contributed by atoms with Gasteiger partial charge in [0, 0.05) is 32.8 Å². The summed E-state index contributed by atoms with van der Waals surface area (Å²) >= 11 is 0. The Morgan fingerprint density at radius 3 is 1.71 bits per heavy atom. The van der Waals surface area contributed by atoms with Gasteiger partial charge >= 0.3 is 0 Å². The van der Waals surface area contributed by atoms with Gasteiger partial charge in [-0.2, -0.15) is 0 Å². The van der Waals surface area contributed by atoms with Crippen molar-refractivity contribution in [1.82, 2.24) is 8.97 Å². The van der Waals surface area contributed by atoms with E-state index in [1.807, 2.05) is 0 Å². The van der Waals surface area contributed by atoms with Crippen LogP contribution in [0.1, 0.15) is 0 Å². The number of hydrogen-bond acceptors (Lipinski definition) is 0. The van der Waals surface area contributed by atoms with E-state index < -0.39 is 0 Å². The summed E-state index contributed by atoms with van der Waals surface area (Å²) in [6, 6.07) is 57.1. The maximum Gasteiger partial charge on any atom is 0.131 e. The number of aromatic nitrogens is 2. The predicted octanol–water partition coefficient (Wildman–Crippen LogP) is 10.7. The highest BCUT2D eigenvalue weighted by molar-refractivity contribution is 6.27. The van der Waals surface area contributed by atoms with Crippen LogP contribution in [0.25, 0.3) is 77.1 Å². The molecule has 9 aromatic rings. The molecule has 0 bridgehead atoms. The van der Waals surface area contributed by atoms with Gasteiger partial charge in [-0.25, -0.2) is 0 Å². The smallest absolute Gasteiger partial charge is 0.131 e. The first-order valence-corrected chi connectivity index (χ1v) is 14.5. The van der Waals surface area contributed by atoms with Crippen LogP contribution in [0.4, 0.5) is 0 Å². The average molecular weight is 535 g/mol. The molecule has 0 atom stereocenters. The second-order valence-corrected chi connectivity index (χ2v) is 11.0. The van der Waals surface area contributed by atoms with Crippen molar-refractivity contribution >= 4 is 49.1 Å². The Balaban J connectivity index is 1.59. The van der Waals surface area contributed by atoms with Gasteiger partial charge in [0.1, 0.15) is 5.65 Å². The van der Waals surface area contributed by atoms with Gasteiger partial charge in [-0.1, -0.05) is 127 Å². The van der Waals surface area contributed by atoms with Crippen LogP contribution in [0.3, 0.4) is 0 Å². The van der Waals surface area contributed by atoms with Crippen LogP contribution in [0.15, 0.2) is 158 Å². The minimum atomic E-state index is 1.16. The van der Waals surface area contributed by atoms with Crippen molar-refractivity contribution in [3.63, 3.8) is 0 Å². The lowest BCUT2D eigenvalue weighted by Crippen LogP contribution is -1.99. The Kier molecular flexibility index (Phi) is 4.93. The number of benzene rings is 6. The molecule has 0 N–H and O–H groups in total. The van der Waals surface area contributed by atoms with Gasteiger partial charge in [-0.15, -0.1) is 0 Å². The van der Waals surface area contributed by atoms with E-state index >= 15 is 0 Å². The Bertz CT molecular complexity index is 2430. The van der Waals surface area contributed by atoms with Gasteiger partial charge in [0.05, 0.1) is 16.6 Å². The standard InChI is InChI=1S/C40H26N2/c1-4-14-27(15-5-1)29-24-25-36-34(26-29)31-20-10-11-21-32(31)39-37(28-16-6-2-7-17-28)38-33-22-12-13-23-35(33)41(40(38)42(36)39)30-18-8-3-9-19-30/h1-26H. The molecule has 0 amide bonds. The molecule has 0 aliphatic rings. The molecule has 3 aromatic heterocycles. The molecule has 42 heavy (non-hydrogen) atoms. The van der Waals surface area contributed by atoms with E-state index in [0.717, 1.165) is 5.69 Å². The maximum absolute atomic E-state index is 2.52. The van der Waals surface area contributed by atoms with Crippen molar-refractivity contribution in [3.8, 4) is 27.9 Å². The highest BCUT2D eigenvalue weighted by Gasteiger charge is 2.25. The van der Waals surface area contributed by atoms with E-state index in [0.29, 0.717) is 0 Å². The van der Waals surface area contributed by atoms with E-state index in [4.69, 9.17) is 0 Å². The van der Waals surface area contributed by atoms with E-state index in [-0.39, 0.29) is 0 Å².